The van der Waals surface area contributed by atoms with Crippen molar-refractivity contribution in [1.29, 1.82) is 0 Å². The number of hydrogen-bond donors (Lipinski definition) is 1. The molecule has 2 aromatic rings. The summed E-state index contributed by atoms with van der Waals surface area (Å²) in [5, 5.41) is 3.46. The molecule has 1 heterocycles. The van der Waals surface area contributed by atoms with Gasteiger partial charge in [0.2, 0.25) is 0 Å². The zero-order chi connectivity index (χ0) is 15.4. The van der Waals surface area contributed by atoms with Gasteiger partial charge in [0.1, 0.15) is 16.1 Å². The molecule has 0 saturated heterocycles. The Morgan fingerprint density at radius 1 is 1.14 bits per heavy atom. The van der Waals surface area contributed by atoms with Crippen LogP contribution in [0.25, 0.3) is 0 Å². The molecule has 0 aliphatic carbocycles. The van der Waals surface area contributed by atoms with Crippen molar-refractivity contribution in [3.63, 3.8) is 0 Å². The number of rotatable bonds is 5. The zero-order valence-corrected chi connectivity index (χ0v) is 14.2. The summed E-state index contributed by atoms with van der Waals surface area (Å²) in [4.78, 5) is 4.39. The van der Waals surface area contributed by atoms with Crippen molar-refractivity contribution in [2.45, 2.75) is 19.9 Å². The van der Waals surface area contributed by atoms with E-state index in [9.17, 15) is 0 Å². The molecule has 0 saturated carbocycles. The van der Waals surface area contributed by atoms with E-state index < -0.39 is 0 Å². The van der Waals surface area contributed by atoms with Gasteiger partial charge in [0.15, 0.2) is 0 Å². The normalized spacial score (nSPS) is 11.9. The molecule has 5 heteroatoms. The van der Waals surface area contributed by atoms with Gasteiger partial charge in [-0.1, -0.05) is 0 Å². The van der Waals surface area contributed by atoms with Gasteiger partial charge in [-0.05, 0) is 54.0 Å². The minimum absolute atomic E-state index is 0.0903. The topological polar surface area (TPSA) is 43.4 Å². The molecule has 0 bridgehead atoms. The summed E-state index contributed by atoms with van der Waals surface area (Å²) >= 11 is 3.37. The molecule has 21 heavy (non-hydrogen) atoms. The third-order valence-electron chi connectivity index (χ3n) is 3.33. The van der Waals surface area contributed by atoms with E-state index in [1.54, 1.807) is 14.2 Å². The van der Waals surface area contributed by atoms with E-state index in [1.807, 2.05) is 37.3 Å². The van der Waals surface area contributed by atoms with Crippen LogP contribution < -0.4 is 14.8 Å². The van der Waals surface area contributed by atoms with Crippen LogP contribution in [0.5, 0.6) is 11.5 Å². The average molecular weight is 351 g/mol. The molecule has 0 spiro atoms. The van der Waals surface area contributed by atoms with Crippen LogP contribution in [-0.2, 0) is 0 Å². The van der Waals surface area contributed by atoms with Crippen molar-refractivity contribution in [2.24, 2.45) is 0 Å². The van der Waals surface area contributed by atoms with Crippen LogP contribution in [0.2, 0.25) is 0 Å². The lowest BCUT2D eigenvalue weighted by molar-refractivity contribution is 0.390. The summed E-state index contributed by atoms with van der Waals surface area (Å²) in [5.74, 6) is 1.58. The zero-order valence-electron chi connectivity index (χ0n) is 12.6. The number of hydrogen-bond acceptors (Lipinski definition) is 4. The maximum atomic E-state index is 5.45. The van der Waals surface area contributed by atoms with E-state index in [1.165, 1.54) is 0 Å². The van der Waals surface area contributed by atoms with Gasteiger partial charge >= 0.3 is 0 Å². The molecule has 0 amide bonds. The number of halogens is 1. The molecule has 0 radical (unpaired) electrons. The maximum Gasteiger partial charge on any atom is 0.127 e. The summed E-state index contributed by atoms with van der Waals surface area (Å²) in [7, 11) is 3.31. The Morgan fingerprint density at radius 2 is 1.90 bits per heavy atom. The highest BCUT2D eigenvalue weighted by Gasteiger charge is 2.13. The van der Waals surface area contributed by atoms with E-state index in [0.29, 0.717) is 0 Å². The van der Waals surface area contributed by atoms with Gasteiger partial charge < -0.3 is 14.8 Å². The molecule has 0 aliphatic rings. The maximum absolute atomic E-state index is 5.45. The number of aryl methyl sites for hydroxylation is 1. The molecule has 1 aromatic heterocycles. The van der Waals surface area contributed by atoms with Crippen molar-refractivity contribution in [2.75, 3.05) is 19.5 Å². The lowest BCUT2D eigenvalue weighted by Crippen LogP contribution is -2.09. The Balaban J connectivity index is 2.25. The van der Waals surface area contributed by atoms with Crippen LogP contribution in [-0.4, -0.2) is 19.2 Å². The van der Waals surface area contributed by atoms with E-state index in [4.69, 9.17) is 9.47 Å². The minimum atomic E-state index is 0.0903. The Labute approximate surface area is 133 Å². The molecule has 1 N–H and O–H groups in total. The third kappa shape index (κ3) is 3.67. The lowest BCUT2D eigenvalue weighted by Gasteiger charge is -2.20. The Morgan fingerprint density at radius 3 is 2.52 bits per heavy atom. The SMILES string of the molecule is COc1ccc(C(C)Nc2ccc(Br)nc2C)c(OC)c1. The van der Waals surface area contributed by atoms with Crippen molar-refractivity contribution >= 4 is 21.6 Å². The standard InChI is InChI=1S/C16H19BrN2O2/c1-10(18-14-7-8-16(17)19-11(14)2)13-6-5-12(20-3)9-15(13)21-4/h5-10,18H,1-4H3. The predicted octanol–water partition coefficient (Wildman–Crippen LogP) is 4.34. The van der Waals surface area contributed by atoms with Gasteiger partial charge in [0.05, 0.1) is 31.6 Å². The van der Waals surface area contributed by atoms with Crippen LogP contribution in [0.4, 0.5) is 5.69 Å². The van der Waals surface area contributed by atoms with Crippen LogP contribution in [0, 0.1) is 6.92 Å². The van der Waals surface area contributed by atoms with Crippen molar-refractivity contribution in [3.8, 4) is 11.5 Å². The average Bonchev–Trinajstić information content (AvgIpc) is 2.49. The summed E-state index contributed by atoms with van der Waals surface area (Å²) < 4.78 is 11.5. The van der Waals surface area contributed by atoms with Crippen LogP contribution in [0.3, 0.4) is 0 Å². The Hall–Kier alpha value is -1.75. The number of anilines is 1. The van der Waals surface area contributed by atoms with Gasteiger partial charge in [0.25, 0.3) is 0 Å². The molecule has 112 valence electrons. The fourth-order valence-electron chi connectivity index (χ4n) is 2.17. The first-order valence-corrected chi connectivity index (χ1v) is 7.46. The van der Waals surface area contributed by atoms with E-state index in [0.717, 1.165) is 33.0 Å². The first-order chi connectivity index (χ1) is 10.0. The van der Waals surface area contributed by atoms with E-state index >= 15 is 0 Å². The number of benzene rings is 1. The quantitative estimate of drug-likeness (QED) is 0.814. The van der Waals surface area contributed by atoms with Gasteiger partial charge in [-0.3, -0.25) is 0 Å². The first kappa shape index (κ1) is 15.6. The molecule has 2 rings (SSSR count). The molecule has 1 unspecified atom stereocenters. The highest BCUT2D eigenvalue weighted by atomic mass is 79.9. The van der Waals surface area contributed by atoms with Gasteiger partial charge in [-0.15, -0.1) is 0 Å². The van der Waals surface area contributed by atoms with E-state index in [-0.39, 0.29) is 6.04 Å². The second-order valence-corrected chi connectivity index (χ2v) is 5.55. The number of aromatic nitrogens is 1. The lowest BCUT2D eigenvalue weighted by atomic mass is 10.1. The predicted molar refractivity (Wildman–Crippen MR) is 88.3 cm³/mol. The first-order valence-electron chi connectivity index (χ1n) is 6.66. The van der Waals surface area contributed by atoms with Crippen molar-refractivity contribution in [1.82, 2.24) is 4.98 Å². The summed E-state index contributed by atoms with van der Waals surface area (Å²) in [6, 6.07) is 9.86. The molecule has 0 aliphatic heterocycles. The number of pyridine rings is 1. The van der Waals surface area contributed by atoms with Gasteiger partial charge in [0, 0.05) is 11.6 Å². The van der Waals surface area contributed by atoms with Crippen LogP contribution in [0.1, 0.15) is 24.2 Å². The largest absolute Gasteiger partial charge is 0.497 e. The molecule has 4 nitrogen and oxygen atoms in total. The van der Waals surface area contributed by atoms with Crippen molar-refractivity contribution < 1.29 is 9.47 Å². The van der Waals surface area contributed by atoms with Gasteiger partial charge in [-0.25, -0.2) is 4.98 Å². The molecular formula is C16H19BrN2O2. The Bertz CT molecular complexity index is 632. The molecular weight excluding hydrogens is 332 g/mol. The number of ether oxygens (including phenoxy) is 2. The fraction of sp³-hybridized carbons (Fsp3) is 0.312. The summed E-state index contributed by atoms with van der Waals surface area (Å²) in [6.07, 6.45) is 0. The second kappa shape index (κ2) is 6.80. The second-order valence-electron chi connectivity index (χ2n) is 4.74. The molecule has 1 atom stereocenters. The molecule has 0 fully saturated rings. The number of nitrogens with zero attached hydrogens (tertiary/aromatic N) is 1. The third-order valence-corrected chi connectivity index (χ3v) is 3.77. The minimum Gasteiger partial charge on any atom is -0.497 e. The molecule has 1 aromatic carbocycles. The smallest absolute Gasteiger partial charge is 0.127 e. The monoisotopic (exact) mass is 350 g/mol. The van der Waals surface area contributed by atoms with Gasteiger partial charge in [-0.2, -0.15) is 0 Å². The fourth-order valence-corrected chi connectivity index (χ4v) is 2.57. The Kier molecular flexibility index (Phi) is 5.07. The summed E-state index contributed by atoms with van der Waals surface area (Å²) in [5.41, 5.74) is 3.02. The van der Waals surface area contributed by atoms with Crippen molar-refractivity contribution in [3.05, 3.63) is 46.2 Å². The van der Waals surface area contributed by atoms with Crippen LogP contribution >= 0.6 is 15.9 Å². The highest BCUT2D eigenvalue weighted by Crippen LogP contribution is 2.31. The van der Waals surface area contributed by atoms with E-state index in [2.05, 4.69) is 33.2 Å². The van der Waals surface area contributed by atoms with Crippen LogP contribution in [0.15, 0.2) is 34.9 Å². The number of nitrogens with one attached hydrogen (secondary N) is 1. The highest BCUT2D eigenvalue weighted by molar-refractivity contribution is 9.10. The number of methoxy groups -OCH3 is 2. The summed E-state index contributed by atoms with van der Waals surface area (Å²) in [6.45, 7) is 4.07.